The van der Waals surface area contributed by atoms with Crippen LogP contribution in [0, 0.1) is 18.3 Å². The number of benzene rings is 1. The Morgan fingerprint density at radius 1 is 1.23 bits per heavy atom. The van der Waals surface area contributed by atoms with E-state index in [1.807, 2.05) is 6.07 Å². The van der Waals surface area contributed by atoms with Crippen LogP contribution in [0.3, 0.4) is 0 Å². The largest absolute Gasteiger partial charge is 0.298 e. The zero-order valence-electron chi connectivity index (χ0n) is 7.07. The van der Waals surface area contributed by atoms with E-state index in [2.05, 4.69) is 0 Å². The van der Waals surface area contributed by atoms with E-state index in [9.17, 15) is 9.59 Å². The van der Waals surface area contributed by atoms with Gasteiger partial charge in [-0.1, -0.05) is 0 Å². The van der Waals surface area contributed by atoms with Gasteiger partial charge in [0.2, 0.25) is 0 Å². The van der Waals surface area contributed by atoms with E-state index in [1.165, 1.54) is 0 Å². The molecule has 3 heteroatoms. The third kappa shape index (κ3) is 1.62. The second kappa shape index (κ2) is 3.63. The van der Waals surface area contributed by atoms with Gasteiger partial charge in [-0.25, -0.2) is 0 Å². The first kappa shape index (κ1) is 9.14. The summed E-state index contributed by atoms with van der Waals surface area (Å²) in [6.07, 6.45) is 1.16. The number of nitriles is 1. The first-order valence-corrected chi connectivity index (χ1v) is 3.68. The summed E-state index contributed by atoms with van der Waals surface area (Å²) < 4.78 is 0. The van der Waals surface area contributed by atoms with Gasteiger partial charge in [-0.2, -0.15) is 5.26 Å². The van der Waals surface area contributed by atoms with Gasteiger partial charge in [-0.3, -0.25) is 9.59 Å². The predicted octanol–water partition coefficient (Wildman–Crippen LogP) is 1.49. The van der Waals surface area contributed by atoms with E-state index in [0.717, 1.165) is 5.56 Å². The first-order valence-electron chi connectivity index (χ1n) is 3.68. The highest BCUT2D eigenvalue weighted by Gasteiger charge is 2.07. The number of hydrogen-bond donors (Lipinski definition) is 0. The Morgan fingerprint density at radius 2 is 1.69 bits per heavy atom. The molecule has 0 saturated heterocycles. The molecule has 0 saturated carbocycles. The number of aryl methyl sites for hydroxylation is 1. The fourth-order valence-electron chi connectivity index (χ4n) is 1.16. The van der Waals surface area contributed by atoms with Crippen LogP contribution < -0.4 is 0 Å². The van der Waals surface area contributed by atoms with E-state index < -0.39 is 0 Å². The average Bonchev–Trinajstić information content (AvgIpc) is 2.16. The van der Waals surface area contributed by atoms with Gasteiger partial charge < -0.3 is 0 Å². The Bertz CT molecular complexity index is 373. The number of carbonyl (C=O) groups is 2. The first-order chi connectivity index (χ1) is 6.22. The van der Waals surface area contributed by atoms with Gasteiger partial charge in [-0.15, -0.1) is 0 Å². The minimum absolute atomic E-state index is 0.149. The molecular formula is C10H7NO2. The Morgan fingerprint density at radius 3 is 2.00 bits per heavy atom. The summed E-state index contributed by atoms with van der Waals surface area (Å²) in [5.41, 5.74) is 1.48. The molecule has 1 aromatic rings. The SMILES string of the molecule is Cc1cc(C=O)c(C#N)c(C=O)c1. The van der Waals surface area contributed by atoms with E-state index in [0.29, 0.717) is 12.6 Å². The lowest BCUT2D eigenvalue weighted by atomic mass is 10.0. The Hall–Kier alpha value is -1.95. The van der Waals surface area contributed by atoms with Crippen molar-refractivity contribution in [3.63, 3.8) is 0 Å². The highest BCUT2D eigenvalue weighted by molar-refractivity contribution is 5.88. The van der Waals surface area contributed by atoms with Crippen LogP contribution in [-0.2, 0) is 0 Å². The molecule has 13 heavy (non-hydrogen) atoms. The fraction of sp³-hybridized carbons (Fsp3) is 0.100. The molecule has 0 aliphatic heterocycles. The summed E-state index contributed by atoms with van der Waals surface area (Å²) in [4.78, 5) is 21.1. The third-order valence-corrected chi connectivity index (χ3v) is 1.71. The van der Waals surface area contributed by atoms with Crippen molar-refractivity contribution in [3.05, 3.63) is 34.4 Å². The monoisotopic (exact) mass is 173 g/mol. The fourth-order valence-corrected chi connectivity index (χ4v) is 1.16. The molecular weight excluding hydrogens is 166 g/mol. The minimum Gasteiger partial charge on any atom is -0.298 e. The maximum Gasteiger partial charge on any atom is 0.151 e. The number of hydrogen-bond acceptors (Lipinski definition) is 3. The Kier molecular flexibility index (Phi) is 2.56. The zero-order chi connectivity index (χ0) is 9.84. The second-order valence-electron chi connectivity index (χ2n) is 2.67. The molecule has 0 fully saturated rings. The van der Waals surface area contributed by atoms with E-state index in [4.69, 9.17) is 5.26 Å². The quantitative estimate of drug-likeness (QED) is 0.636. The highest BCUT2D eigenvalue weighted by atomic mass is 16.1. The summed E-state index contributed by atoms with van der Waals surface area (Å²) in [6.45, 7) is 1.77. The highest BCUT2D eigenvalue weighted by Crippen LogP contribution is 2.13. The maximum absolute atomic E-state index is 10.5. The molecule has 0 unspecified atom stereocenters. The van der Waals surface area contributed by atoms with Crippen molar-refractivity contribution in [3.8, 4) is 6.07 Å². The van der Waals surface area contributed by atoms with Crippen LogP contribution >= 0.6 is 0 Å². The molecule has 0 amide bonds. The van der Waals surface area contributed by atoms with Gasteiger partial charge in [0, 0.05) is 11.1 Å². The lowest BCUT2D eigenvalue weighted by Gasteiger charge is -2.00. The normalized spacial score (nSPS) is 8.92. The molecule has 1 rings (SSSR count). The lowest BCUT2D eigenvalue weighted by molar-refractivity contribution is 0.112. The van der Waals surface area contributed by atoms with Crippen LogP contribution in [0.4, 0.5) is 0 Å². The summed E-state index contributed by atoms with van der Waals surface area (Å²) in [6, 6.07) is 4.99. The Balaban J connectivity index is 3.53. The van der Waals surface area contributed by atoms with Gasteiger partial charge in [0.25, 0.3) is 0 Å². The third-order valence-electron chi connectivity index (χ3n) is 1.71. The minimum atomic E-state index is 0.149. The van der Waals surface area contributed by atoms with Gasteiger partial charge in [0.05, 0.1) is 5.56 Å². The van der Waals surface area contributed by atoms with Gasteiger partial charge in [-0.05, 0) is 24.6 Å². The zero-order valence-corrected chi connectivity index (χ0v) is 7.07. The molecule has 0 spiro atoms. The maximum atomic E-state index is 10.5. The molecule has 0 atom stereocenters. The van der Waals surface area contributed by atoms with Gasteiger partial charge in [0.15, 0.2) is 12.6 Å². The van der Waals surface area contributed by atoms with E-state index >= 15 is 0 Å². The summed E-state index contributed by atoms with van der Waals surface area (Å²) in [5, 5.41) is 8.68. The molecule has 0 aromatic heterocycles. The van der Waals surface area contributed by atoms with Crippen molar-refractivity contribution < 1.29 is 9.59 Å². The predicted molar refractivity (Wildman–Crippen MR) is 46.7 cm³/mol. The van der Waals surface area contributed by atoms with Crippen LogP contribution in [0.25, 0.3) is 0 Å². The molecule has 0 aliphatic rings. The van der Waals surface area contributed by atoms with Crippen LogP contribution in [0.5, 0.6) is 0 Å². The van der Waals surface area contributed by atoms with Crippen molar-refractivity contribution in [2.75, 3.05) is 0 Å². The van der Waals surface area contributed by atoms with Crippen molar-refractivity contribution in [1.82, 2.24) is 0 Å². The van der Waals surface area contributed by atoms with Crippen molar-refractivity contribution in [2.24, 2.45) is 0 Å². The molecule has 0 radical (unpaired) electrons. The van der Waals surface area contributed by atoms with Gasteiger partial charge in [0.1, 0.15) is 6.07 Å². The van der Waals surface area contributed by atoms with Crippen LogP contribution in [-0.4, -0.2) is 12.6 Å². The second-order valence-corrected chi connectivity index (χ2v) is 2.67. The lowest BCUT2D eigenvalue weighted by Crippen LogP contribution is -1.95. The average molecular weight is 173 g/mol. The number of rotatable bonds is 2. The van der Waals surface area contributed by atoms with E-state index in [-0.39, 0.29) is 16.7 Å². The van der Waals surface area contributed by atoms with Crippen LogP contribution in [0.1, 0.15) is 31.8 Å². The molecule has 0 bridgehead atoms. The molecule has 0 heterocycles. The number of nitrogens with zero attached hydrogens (tertiary/aromatic N) is 1. The summed E-state index contributed by atoms with van der Waals surface area (Å²) >= 11 is 0. The molecule has 0 N–H and O–H groups in total. The van der Waals surface area contributed by atoms with Crippen LogP contribution in [0.15, 0.2) is 12.1 Å². The smallest absolute Gasteiger partial charge is 0.151 e. The van der Waals surface area contributed by atoms with Gasteiger partial charge >= 0.3 is 0 Å². The standard InChI is InChI=1S/C10H7NO2/c1-7-2-8(5-12)10(4-11)9(3-7)6-13/h2-3,5-6H,1H3. The number of carbonyl (C=O) groups excluding carboxylic acids is 2. The van der Waals surface area contributed by atoms with Crippen molar-refractivity contribution in [2.45, 2.75) is 6.92 Å². The number of aldehydes is 2. The molecule has 1 aromatic carbocycles. The van der Waals surface area contributed by atoms with Crippen LogP contribution in [0.2, 0.25) is 0 Å². The van der Waals surface area contributed by atoms with Crippen molar-refractivity contribution >= 4 is 12.6 Å². The van der Waals surface area contributed by atoms with E-state index in [1.54, 1.807) is 19.1 Å². The topological polar surface area (TPSA) is 57.9 Å². The van der Waals surface area contributed by atoms with Crippen molar-refractivity contribution in [1.29, 1.82) is 5.26 Å². The Labute approximate surface area is 75.6 Å². The summed E-state index contributed by atoms with van der Waals surface area (Å²) in [5.74, 6) is 0. The summed E-state index contributed by atoms with van der Waals surface area (Å²) in [7, 11) is 0. The molecule has 64 valence electrons. The molecule has 3 nitrogen and oxygen atoms in total. The molecule has 0 aliphatic carbocycles.